The molecule has 2 rings (SSSR count). The standard InChI is InChI=1S/C12H14BrN3O2/c1-7(11(17)16-9-2-3-9)15-12(18)8-4-5-14-10(13)6-8/h4-7,9H,2-3H2,1H3,(H,15,18)(H,16,17). The molecule has 0 bridgehead atoms. The van der Waals surface area contributed by atoms with E-state index < -0.39 is 6.04 Å². The van der Waals surface area contributed by atoms with Crippen molar-refractivity contribution in [3.05, 3.63) is 28.5 Å². The lowest BCUT2D eigenvalue weighted by Crippen LogP contribution is -2.45. The molecule has 1 atom stereocenters. The van der Waals surface area contributed by atoms with Gasteiger partial charge in [0.2, 0.25) is 5.91 Å². The van der Waals surface area contributed by atoms with Crippen LogP contribution in [-0.2, 0) is 4.79 Å². The quantitative estimate of drug-likeness (QED) is 0.822. The molecule has 1 heterocycles. The maximum absolute atomic E-state index is 11.9. The van der Waals surface area contributed by atoms with Gasteiger partial charge in [-0.25, -0.2) is 4.98 Å². The highest BCUT2D eigenvalue weighted by molar-refractivity contribution is 9.10. The van der Waals surface area contributed by atoms with Gasteiger partial charge in [-0.1, -0.05) is 0 Å². The summed E-state index contributed by atoms with van der Waals surface area (Å²) in [7, 11) is 0. The van der Waals surface area contributed by atoms with Crippen LogP contribution in [0.5, 0.6) is 0 Å². The van der Waals surface area contributed by atoms with Crippen LogP contribution in [-0.4, -0.2) is 28.9 Å². The number of nitrogens with zero attached hydrogens (tertiary/aromatic N) is 1. The number of hydrogen-bond acceptors (Lipinski definition) is 3. The third kappa shape index (κ3) is 3.53. The lowest BCUT2D eigenvalue weighted by atomic mass is 10.2. The van der Waals surface area contributed by atoms with Crippen LogP contribution in [0.15, 0.2) is 22.9 Å². The van der Waals surface area contributed by atoms with Crippen LogP contribution < -0.4 is 10.6 Å². The van der Waals surface area contributed by atoms with Crippen LogP contribution in [0.4, 0.5) is 0 Å². The Balaban J connectivity index is 1.91. The molecule has 1 fully saturated rings. The molecule has 0 spiro atoms. The van der Waals surface area contributed by atoms with E-state index in [9.17, 15) is 9.59 Å². The Morgan fingerprint density at radius 1 is 1.50 bits per heavy atom. The number of nitrogens with one attached hydrogen (secondary N) is 2. The Labute approximate surface area is 113 Å². The van der Waals surface area contributed by atoms with Crippen molar-refractivity contribution in [2.75, 3.05) is 0 Å². The number of halogens is 1. The summed E-state index contributed by atoms with van der Waals surface area (Å²) in [6.07, 6.45) is 3.60. The molecule has 2 amide bonds. The molecular formula is C12H14BrN3O2. The minimum absolute atomic E-state index is 0.140. The smallest absolute Gasteiger partial charge is 0.252 e. The average Bonchev–Trinajstić information content (AvgIpc) is 3.12. The molecule has 0 saturated heterocycles. The Morgan fingerprint density at radius 3 is 2.83 bits per heavy atom. The van der Waals surface area contributed by atoms with E-state index in [1.807, 2.05) is 0 Å². The van der Waals surface area contributed by atoms with Crippen molar-refractivity contribution in [2.45, 2.75) is 31.8 Å². The van der Waals surface area contributed by atoms with Gasteiger partial charge in [-0.05, 0) is 47.8 Å². The zero-order valence-electron chi connectivity index (χ0n) is 9.94. The fraction of sp³-hybridized carbons (Fsp3) is 0.417. The molecule has 0 aromatic carbocycles. The van der Waals surface area contributed by atoms with Gasteiger partial charge in [0, 0.05) is 17.8 Å². The highest BCUT2D eigenvalue weighted by Gasteiger charge is 2.26. The topological polar surface area (TPSA) is 71.1 Å². The molecule has 1 aromatic rings. The number of rotatable bonds is 4. The van der Waals surface area contributed by atoms with Gasteiger partial charge in [-0.2, -0.15) is 0 Å². The maximum atomic E-state index is 11.9. The first-order chi connectivity index (χ1) is 8.56. The number of carbonyl (C=O) groups excluding carboxylic acids is 2. The fourth-order valence-electron chi connectivity index (χ4n) is 1.44. The monoisotopic (exact) mass is 311 g/mol. The SMILES string of the molecule is CC(NC(=O)c1ccnc(Br)c1)C(=O)NC1CC1. The summed E-state index contributed by atoms with van der Waals surface area (Å²) in [6, 6.07) is 2.98. The van der Waals surface area contributed by atoms with Crippen LogP contribution in [0, 0.1) is 0 Å². The molecule has 18 heavy (non-hydrogen) atoms. The van der Waals surface area contributed by atoms with Gasteiger partial charge in [0.05, 0.1) is 0 Å². The van der Waals surface area contributed by atoms with Gasteiger partial charge in [0.15, 0.2) is 0 Å². The maximum Gasteiger partial charge on any atom is 0.252 e. The lowest BCUT2D eigenvalue weighted by Gasteiger charge is -2.13. The molecule has 6 heteroatoms. The predicted octanol–water partition coefficient (Wildman–Crippen LogP) is 1.24. The van der Waals surface area contributed by atoms with Crippen LogP contribution >= 0.6 is 15.9 Å². The van der Waals surface area contributed by atoms with E-state index in [0.29, 0.717) is 16.2 Å². The minimum atomic E-state index is -0.537. The zero-order chi connectivity index (χ0) is 13.1. The van der Waals surface area contributed by atoms with Crippen molar-refractivity contribution in [2.24, 2.45) is 0 Å². The molecule has 0 radical (unpaired) electrons. The molecular weight excluding hydrogens is 298 g/mol. The molecule has 2 N–H and O–H groups in total. The van der Waals surface area contributed by atoms with Crippen molar-refractivity contribution >= 4 is 27.7 Å². The number of amides is 2. The summed E-state index contributed by atoms with van der Waals surface area (Å²) in [5.41, 5.74) is 0.475. The van der Waals surface area contributed by atoms with E-state index in [-0.39, 0.29) is 11.8 Å². The third-order valence-electron chi connectivity index (χ3n) is 2.65. The molecule has 5 nitrogen and oxygen atoms in total. The van der Waals surface area contributed by atoms with E-state index in [1.54, 1.807) is 19.1 Å². The van der Waals surface area contributed by atoms with Crippen molar-refractivity contribution in [3.8, 4) is 0 Å². The first-order valence-electron chi connectivity index (χ1n) is 5.79. The van der Waals surface area contributed by atoms with Crippen molar-refractivity contribution in [1.82, 2.24) is 15.6 Å². The third-order valence-corrected chi connectivity index (χ3v) is 3.09. The lowest BCUT2D eigenvalue weighted by molar-refractivity contribution is -0.122. The number of aromatic nitrogens is 1. The summed E-state index contributed by atoms with van der Waals surface area (Å²) in [5.74, 6) is -0.421. The fourth-order valence-corrected chi connectivity index (χ4v) is 1.81. The number of carbonyl (C=O) groups is 2. The van der Waals surface area contributed by atoms with Gasteiger partial charge < -0.3 is 10.6 Å². The minimum Gasteiger partial charge on any atom is -0.352 e. The van der Waals surface area contributed by atoms with E-state index in [0.717, 1.165) is 12.8 Å². The van der Waals surface area contributed by atoms with Gasteiger partial charge >= 0.3 is 0 Å². The summed E-state index contributed by atoms with van der Waals surface area (Å²) >= 11 is 3.20. The molecule has 0 aliphatic heterocycles. The second-order valence-corrected chi connectivity index (χ2v) is 5.16. The van der Waals surface area contributed by atoms with Crippen LogP contribution in [0.3, 0.4) is 0 Å². The van der Waals surface area contributed by atoms with Gasteiger partial charge in [-0.15, -0.1) is 0 Å². The first kappa shape index (κ1) is 13.0. The predicted molar refractivity (Wildman–Crippen MR) is 70.0 cm³/mol. The summed E-state index contributed by atoms with van der Waals surface area (Å²) in [6.45, 7) is 1.67. The van der Waals surface area contributed by atoms with E-state index in [4.69, 9.17) is 0 Å². The normalized spacial score (nSPS) is 15.9. The van der Waals surface area contributed by atoms with Gasteiger partial charge in [-0.3, -0.25) is 9.59 Å². The average molecular weight is 312 g/mol. The van der Waals surface area contributed by atoms with Gasteiger partial charge in [0.25, 0.3) is 5.91 Å². The molecule has 1 saturated carbocycles. The molecule has 1 aromatic heterocycles. The summed E-state index contributed by atoms with van der Waals surface area (Å²) in [4.78, 5) is 27.5. The Hall–Kier alpha value is -1.43. The second-order valence-electron chi connectivity index (χ2n) is 4.35. The summed E-state index contributed by atoms with van der Waals surface area (Å²) < 4.78 is 0.588. The Bertz CT molecular complexity index is 474. The summed E-state index contributed by atoms with van der Waals surface area (Å²) in [5, 5.41) is 5.50. The van der Waals surface area contributed by atoms with Crippen LogP contribution in [0.1, 0.15) is 30.1 Å². The van der Waals surface area contributed by atoms with E-state index in [2.05, 4.69) is 31.5 Å². The van der Waals surface area contributed by atoms with Crippen molar-refractivity contribution < 1.29 is 9.59 Å². The Kier molecular flexibility index (Phi) is 3.96. The first-order valence-corrected chi connectivity index (χ1v) is 6.58. The Morgan fingerprint density at radius 2 is 2.22 bits per heavy atom. The van der Waals surface area contributed by atoms with E-state index in [1.165, 1.54) is 6.20 Å². The van der Waals surface area contributed by atoms with Crippen LogP contribution in [0.25, 0.3) is 0 Å². The van der Waals surface area contributed by atoms with Crippen molar-refractivity contribution in [1.29, 1.82) is 0 Å². The molecule has 1 aliphatic carbocycles. The van der Waals surface area contributed by atoms with Crippen molar-refractivity contribution in [3.63, 3.8) is 0 Å². The molecule has 1 aliphatic rings. The molecule has 1 unspecified atom stereocenters. The van der Waals surface area contributed by atoms with Gasteiger partial charge in [0.1, 0.15) is 10.6 Å². The number of pyridine rings is 1. The largest absolute Gasteiger partial charge is 0.352 e. The molecule has 96 valence electrons. The van der Waals surface area contributed by atoms with E-state index >= 15 is 0 Å². The second kappa shape index (κ2) is 5.48. The number of hydrogen-bond donors (Lipinski definition) is 2. The highest BCUT2D eigenvalue weighted by Crippen LogP contribution is 2.18. The van der Waals surface area contributed by atoms with Crippen LogP contribution in [0.2, 0.25) is 0 Å². The zero-order valence-corrected chi connectivity index (χ0v) is 11.5. The highest BCUT2D eigenvalue weighted by atomic mass is 79.9.